The fourth-order valence-corrected chi connectivity index (χ4v) is 3.67. The average molecular weight is 368 g/mol. The van der Waals surface area contributed by atoms with Crippen LogP contribution in [0.4, 0.5) is 10.1 Å². The van der Waals surface area contributed by atoms with E-state index in [-0.39, 0.29) is 11.8 Å². The first kappa shape index (κ1) is 17.5. The lowest BCUT2D eigenvalue weighted by atomic mass is 9.95. The maximum absolute atomic E-state index is 13.3. The number of rotatable bonds is 5. The molecule has 0 spiro atoms. The molecule has 1 N–H and O–H groups in total. The Hall–Kier alpha value is -2.88. The van der Waals surface area contributed by atoms with Gasteiger partial charge in [0.2, 0.25) is 5.91 Å². The molecule has 2 aromatic rings. The number of nitrogens with zero attached hydrogens (tertiary/aromatic N) is 3. The number of carbonyl (C=O) groups excluding carboxylic acids is 1. The van der Waals surface area contributed by atoms with Gasteiger partial charge in [-0.2, -0.15) is 5.26 Å². The number of aromatic nitrogens is 1. The molecule has 2 aliphatic rings. The highest BCUT2D eigenvalue weighted by atomic mass is 19.1. The number of carbonyl (C=O) groups is 1. The lowest BCUT2D eigenvalue weighted by molar-refractivity contribution is -0.125. The molecule has 1 aromatic heterocycles. The maximum Gasteiger partial charge on any atom is 0.223 e. The fourth-order valence-electron chi connectivity index (χ4n) is 3.67. The SMILES string of the molecule is N#Cc1cc(F)ccc1N1CCC(C(=O)NCc2conc2C2CC2)CC1. The first-order valence-electron chi connectivity index (χ1n) is 9.31. The van der Waals surface area contributed by atoms with Gasteiger partial charge >= 0.3 is 0 Å². The van der Waals surface area contributed by atoms with Crippen molar-refractivity contribution in [1.29, 1.82) is 5.26 Å². The summed E-state index contributed by atoms with van der Waals surface area (Å²) in [5.74, 6) is 0.0569. The number of nitrogens with one attached hydrogen (secondary N) is 1. The van der Waals surface area contributed by atoms with Crippen LogP contribution in [0.5, 0.6) is 0 Å². The van der Waals surface area contributed by atoms with E-state index in [1.807, 2.05) is 11.0 Å². The van der Waals surface area contributed by atoms with E-state index in [2.05, 4.69) is 10.5 Å². The highest BCUT2D eigenvalue weighted by Crippen LogP contribution is 2.40. The monoisotopic (exact) mass is 368 g/mol. The Labute approximate surface area is 156 Å². The molecule has 7 heteroatoms. The molecule has 140 valence electrons. The van der Waals surface area contributed by atoms with E-state index >= 15 is 0 Å². The second-order valence-electron chi connectivity index (χ2n) is 7.25. The van der Waals surface area contributed by atoms with Gasteiger partial charge in [0.15, 0.2) is 0 Å². The number of nitriles is 1. The van der Waals surface area contributed by atoms with Crippen LogP contribution in [0, 0.1) is 23.1 Å². The predicted octanol–water partition coefficient (Wildman–Crippen LogP) is 3.10. The van der Waals surface area contributed by atoms with Gasteiger partial charge in [-0.25, -0.2) is 4.39 Å². The zero-order valence-corrected chi connectivity index (χ0v) is 14.9. The lowest BCUT2D eigenvalue weighted by Crippen LogP contribution is -2.40. The molecule has 0 radical (unpaired) electrons. The van der Waals surface area contributed by atoms with Gasteiger partial charge in [-0.15, -0.1) is 0 Å². The third-order valence-corrected chi connectivity index (χ3v) is 5.38. The average Bonchev–Trinajstić information content (AvgIpc) is 3.44. The largest absolute Gasteiger partial charge is 0.370 e. The Balaban J connectivity index is 1.32. The molecule has 0 unspecified atom stereocenters. The first-order chi connectivity index (χ1) is 13.2. The second-order valence-corrected chi connectivity index (χ2v) is 7.25. The quantitative estimate of drug-likeness (QED) is 0.877. The van der Waals surface area contributed by atoms with Crippen LogP contribution in [0.25, 0.3) is 0 Å². The normalized spacial score (nSPS) is 17.6. The third-order valence-electron chi connectivity index (χ3n) is 5.38. The van der Waals surface area contributed by atoms with Crippen LogP contribution >= 0.6 is 0 Å². The summed E-state index contributed by atoms with van der Waals surface area (Å²) < 4.78 is 18.4. The summed E-state index contributed by atoms with van der Waals surface area (Å²) >= 11 is 0. The van der Waals surface area contributed by atoms with E-state index in [1.165, 1.54) is 12.1 Å². The predicted molar refractivity (Wildman–Crippen MR) is 96.4 cm³/mol. The Morgan fingerprint density at radius 3 is 2.81 bits per heavy atom. The standard InChI is InChI=1S/C20H21FN4O2/c21-17-3-4-18(15(9-17)10-22)25-7-5-14(6-8-25)20(26)23-11-16-12-27-24-19(16)13-1-2-13/h3-4,9,12-14H,1-2,5-8,11H2,(H,23,26). The van der Waals surface area contributed by atoms with Crippen LogP contribution in [-0.4, -0.2) is 24.2 Å². The van der Waals surface area contributed by atoms with Crippen molar-refractivity contribution in [2.45, 2.75) is 38.1 Å². The number of piperidine rings is 1. The van der Waals surface area contributed by atoms with Crippen LogP contribution < -0.4 is 10.2 Å². The van der Waals surface area contributed by atoms with E-state index in [4.69, 9.17) is 4.52 Å². The number of hydrogen-bond donors (Lipinski definition) is 1. The molecule has 1 saturated heterocycles. The van der Waals surface area contributed by atoms with Crippen LogP contribution in [0.3, 0.4) is 0 Å². The van der Waals surface area contributed by atoms with Crippen molar-refractivity contribution < 1.29 is 13.7 Å². The van der Waals surface area contributed by atoms with E-state index in [0.29, 0.717) is 44.0 Å². The summed E-state index contributed by atoms with van der Waals surface area (Å²) in [5.41, 5.74) is 3.01. The fraction of sp³-hybridized carbons (Fsp3) is 0.450. The molecule has 0 bridgehead atoms. The highest BCUT2D eigenvalue weighted by Gasteiger charge is 2.30. The van der Waals surface area contributed by atoms with Crippen molar-refractivity contribution in [1.82, 2.24) is 10.5 Å². The van der Waals surface area contributed by atoms with Gasteiger partial charge in [-0.3, -0.25) is 4.79 Å². The molecule has 1 amide bonds. The van der Waals surface area contributed by atoms with E-state index in [9.17, 15) is 14.4 Å². The van der Waals surface area contributed by atoms with Crippen LogP contribution in [0.15, 0.2) is 29.0 Å². The molecule has 1 aromatic carbocycles. The number of halogens is 1. The van der Waals surface area contributed by atoms with E-state index < -0.39 is 5.82 Å². The topological polar surface area (TPSA) is 82.2 Å². The van der Waals surface area contributed by atoms with Gasteiger partial charge < -0.3 is 14.7 Å². The van der Waals surface area contributed by atoms with Gasteiger partial charge in [-0.1, -0.05) is 5.16 Å². The zero-order chi connectivity index (χ0) is 18.8. The summed E-state index contributed by atoms with van der Waals surface area (Å²) in [5, 5.41) is 16.3. The van der Waals surface area contributed by atoms with Crippen molar-refractivity contribution in [2.75, 3.05) is 18.0 Å². The Kier molecular flexibility index (Phi) is 4.80. The van der Waals surface area contributed by atoms with Crippen molar-refractivity contribution in [2.24, 2.45) is 5.92 Å². The smallest absolute Gasteiger partial charge is 0.223 e. The minimum absolute atomic E-state index is 0.0391. The minimum Gasteiger partial charge on any atom is -0.370 e. The van der Waals surface area contributed by atoms with Gasteiger partial charge in [0.1, 0.15) is 18.1 Å². The van der Waals surface area contributed by atoms with Crippen molar-refractivity contribution in [3.05, 3.63) is 47.1 Å². The number of anilines is 1. The van der Waals surface area contributed by atoms with Crippen LogP contribution in [-0.2, 0) is 11.3 Å². The van der Waals surface area contributed by atoms with Gasteiger partial charge in [-0.05, 0) is 43.9 Å². The third kappa shape index (κ3) is 3.80. The molecule has 4 rings (SSSR count). The molecule has 2 heterocycles. The summed E-state index contributed by atoms with van der Waals surface area (Å²) in [6, 6.07) is 6.31. The Morgan fingerprint density at radius 1 is 1.33 bits per heavy atom. The van der Waals surface area contributed by atoms with Crippen molar-refractivity contribution in [3.63, 3.8) is 0 Å². The molecule has 2 fully saturated rings. The van der Waals surface area contributed by atoms with Crippen LogP contribution in [0.1, 0.15) is 48.4 Å². The molecule has 1 aliphatic carbocycles. The van der Waals surface area contributed by atoms with Gasteiger partial charge in [0.05, 0.1) is 16.9 Å². The summed E-state index contributed by atoms with van der Waals surface area (Å²) in [6.45, 7) is 1.78. The van der Waals surface area contributed by atoms with E-state index in [0.717, 1.165) is 29.8 Å². The lowest BCUT2D eigenvalue weighted by Gasteiger charge is -2.33. The highest BCUT2D eigenvalue weighted by molar-refractivity contribution is 5.79. The first-order valence-corrected chi connectivity index (χ1v) is 9.31. The van der Waals surface area contributed by atoms with Gasteiger partial charge in [0, 0.05) is 37.0 Å². The molecule has 27 heavy (non-hydrogen) atoms. The molecule has 1 aliphatic heterocycles. The molecular formula is C20H21FN4O2. The Morgan fingerprint density at radius 2 is 2.11 bits per heavy atom. The van der Waals surface area contributed by atoms with Crippen molar-refractivity contribution in [3.8, 4) is 6.07 Å². The molecular weight excluding hydrogens is 347 g/mol. The number of hydrogen-bond acceptors (Lipinski definition) is 5. The summed E-state index contributed by atoms with van der Waals surface area (Å²) in [7, 11) is 0. The number of amides is 1. The minimum atomic E-state index is -0.413. The van der Waals surface area contributed by atoms with Gasteiger partial charge in [0.25, 0.3) is 0 Å². The molecule has 6 nitrogen and oxygen atoms in total. The summed E-state index contributed by atoms with van der Waals surface area (Å²) in [6.07, 6.45) is 5.30. The second kappa shape index (κ2) is 7.39. The number of benzene rings is 1. The summed E-state index contributed by atoms with van der Waals surface area (Å²) in [4.78, 5) is 14.6. The van der Waals surface area contributed by atoms with E-state index in [1.54, 1.807) is 12.3 Å². The maximum atomic E-state index is 13.3. The zero-order valence-electron chi connectivity index (χ0n) is 14.9. The molecule has 1 saturated carbocycles. The van der Waals surface area contributed by atoms with Crippen molar-refractivity contribution >= 4 is 11.6 Å². The molecule has 0 atom stereocenters. The van der Waals surface area contributed by atoms with Crippen LogP contribution in [0.2, 0.25) is 0 Å². The Bertz CT molecular complexity index is 876.